The first-order chi connectivity index (χ1) is 9.06. The van der Waals surface area contributed by atoms with E-state index in [1.165, 1.54) is 24.4 Å². The molecule has 1 aromatic carbocycles. The minimum atomic E-state index is -2.77. The molecule has 2 nitrogen and oxygen atoms in total. The number of halogens is 4. The van der Waals surface area contributed by atoms with Gasteiger partial charge < -0.3 is 0 Å². The zero-order valence-electron chi connectivity index (χ0n) is 9.37. The topological polar surface area (TPSA) is 25.8 Å². The molecule has 0 amide bonds. The lowest BCUT2D eigenvalue weighted by Crippen LogP contribution is -1.95. The number of hydrogen-bond donors (Lipinski definition) is 0. The van der Waals surface area contributed by atoms with Crippen molar-refractivity contribution >= 4 is 33.5 Å². The summed E-state index contributed by atoms with van der Waals surface area (Å²) in [6.45, 7) is 0. The number of pyridine rings is 2. The van der Waals surface area contributed by atoms with Gasteiger partial charge in [-0.05, 0) is 24.3 Å². The molecule has 0 unspecified atom stereocenters. The lowest BCUT2D eigenvalue weighted by atomic mass is 10.0. The zero-order valence-corrected chi connectivity index (χ0v) is 10.1. The summed E-state index contributed by atoms with van der Waals surface area (Å²) in [6.07, 6.45) is -1.43. The summed E-state index contributed by atoms with van der Waals surface area (Å²) in [5, 5.41) is 0.444. The van der Waals surface area contributed by atoms with Crippen molar-refractivity contribution in [3.8, 4) is 0 Å². The Balaban J connectivity index is 2.55. The van der Waals surface area contributed by atoms with Crippen LogP contribution in [0.2, 0.25) is 5.02 Å². The predicted molar refractivity (Wildman–Crippen MR) is 67.0 cm³/mol. The second-order valence-electron chi connectivity index (χ2n) is 4.01. The summed E-state index contributed by atoms with van der Waals surface area (Å²) in [4.78, 5) is 8.06. The van der Waals surface area contributed by atoms with Crippen LogP contribution < -0.4 is 0 Å². The summed E-state index contributed by atoms with van der Waals surface area (Å²) in [5.41, 5.74) is 0.146. The van der Waals surface area contributed by atoms with Gasteiger partial charge in [0.15, 0.2) is 5.65 Å². The highest BCUT2D eigenvalue weighted by Gasteiger charge is 2.18. The first kappa shape index (κ1) is 12.2. The number of aromatic nitrogens is 2. The number of alkyl halides is 2. The van der Waals surface area contributed by atoms with Gasteiger partial charge in [-0.1, -0.05) is 11.6 Å². The molecule has 3 aromatic rings. The molecule has 0 saturated heterocycles. The van der Waals surface area contributed by atoms with Crippen molar-refractivity contribution in [2.75, 3.05) is 0 Å². The molecular weight excluding hydrogens is 277 g/mol. The Kier molecular flexibility index (Phi) is 2.78. The maximum atomic E-state index is 13.3. The van der Waals surface area contributed by atoms with Gasteiger partial charge in [0.25, 0.3) is 6.43 Å². The van der Waals surface area contributed by atoms with Gasteiger partial charge in [0.2, 0.25) is 0 Å². The van der Waals surface area contributed by atoms with Gasteiger partial charge in [-0.15, -0.1) is 0 Å². The number of nitrogens with zero attached hydrogens (tertiary/aromatic N) is 2. The smallest absolute Gasteiger partial charge is 0.235 e. The fourth-order valence-corrected chi connectivity index (χ4v) is 2.19. The standard InChI is InChI=1S/C13H6ClF3N2/c14-6-3-9-11(12(16)17)8-4-7(15)1-2-10(8)19-13(9)18-5-6/h1-5,12H. The quantitative estimate of drug-likeness (QED) is 0.614. The Labute approximate surface area is 110 Å². The molecule has 96 valence electrons. The molecule has 0 spiro atoms. The molecule has 3 rings (SSSR count). The average Bonchev–Trinajstić information content (AvgIpc) is 2.35. The van der Waals surface area contributed by atoms with Crippen LogP contribution >= 0.6 is 11.6 Å². The fraction of sp³-hybridized carbons (Fsp3) is 0.0769. The third-order valence-corrected chi connectivity index (χ3v) is 3.02. The summed E-state index contributed by atoms with van der Waals surface area (Å²) < 4.78 is 39.8. The molecule has 0 fully saturated rings. The highest BCUT2D eigenvalue weighted by atomic mass is 35.5. The third-order valence-electron chi connectivity index (χ3n) is 2.82. The maximum absolute atomic E-state index is 13.3. The van der Waals surface area contributed by atoms with Gasteiger partial charge in [0, 0.05) is 22.5 Å². The van der Waals surface area contributed by atoms with E-state index in [9.17, 15) is 13.2 Å². The molecular formula is C13H6ClF3N2. The van der Waals surface area contributed by atoms with Crippen molar-refractivity contribution in [1.82, 2.24) is 9.97 Å². The van der Waals surface area contributed by atoms with Crippen LogP contribution in [0, 0.1) is 5.82 Å². The summed E-state index contributed by atoms with van der Waals surface area (Å²) in [7, 11) is 0. The molecule has 2 aromatic heterocycles. The van der Waals surface area contributed by atoms with Crippen molar-refractivity contribution in [2.45, 2.75) is 6.43 Å². The summed E-state index contributed by atoms with van der Waals surface area (Å²) in [5.74, 6) is -0.592. The van der Waals surface area contributed by atoms with Crippen LogP contribution in [-0.4, -0.2) is 9.97 Å². The van der Waals surface area contributed by atoms with Crippen LogP contribution in [0.5, 0.6) is 0 Å². The molecule has 0 N–H and O–H groups in total. The van der Waals surface area contributed by atoms with Gasteiger partial charge in [-0.25, -0.2) is 23.1 Å². The van der Waals surface area contributed by atoms with E-state index in [4.69, 9.17) is 11.6 Å². The number of hydrogen-bond acceptors (Lipinski definition) is 2. The van der Waals surface area contributed by atoms with Gasteiger partial charge in [0.05, 0.1) is 10.5 Å². The van der Waals surface area contributed by atoms with Crippen LogP contribution in [0.3, 0.4) is 0 Å². The summed E-state index contributed by atoms with van der Waals surface area (Å²) in [6, 6.07) is 4.94. The summed E-state index contributed by atoms with van der Waals surface area (Å²) >= 11 is 5.77. The number of fused-ring (bicyclic) bond motifs is 2. The van der Waals surface area contributed by atoms with E-state index < -0.39 is 12.2 Å². The highest BCUT2D eigenvalue weighted by molar-refractivity contribution is 6.31. The van der Waals surface area contributed by atoms with Gasteiger partial charge >= 0.3 is 0 Å². The van der Waals surface area contributed by atoms with E-state index in [0.717, 1.165) is 6.07 Å². The van der Waals surface area contributed by atoms with E-state index in [0.29, 0.717) is 0 Å². The molecule has 0 aliphatic heterocycles. The van der Waals surface area contributed by atoms with Crippen molar-refractivity contribution in [3.05, 3.63) is 46.9 Å². The van der Waals surface area contributed by atoms with Gasteiger partial charge in [0.1, 0.15) is 5.82 Å². The molecule has 0 aliphatic carbocycles. The normalized spacial score (nSPS) is 11.6. The molecule has 6 heteroatoms. The lowest BCUT2D eigenvalue weighted by Gasteiger charge is -2.09. The van der Waals surface area contributed by atoms with E-state index in [2.05, 4.69) is 9.97 Å². The van der Waals surface area contributed by atoms with E-state index in [1.807, 2.05) is 0 Å². The molecule has 0 saturated carbocycles. The van der Waals surface area contributed by atoms with Gasteiger partial charge in [-0.3, -0.25) is 0 Å². The molecule has 0 aliphatic rings. The Morgan fingerprint density at radius 1 is 1.11 bits per heavy atom. The molecule has 0 radical (unpaired) electrons. The Hall–Kier alpha value is -1.88. The van der Waals surface area contributed by atoms with Crippen LogP contribution in [0.15, 0.2) is 30.5 Å². The first-order valence-corrected chi connectivity index (χ1v) is 5.76. The second kappa shape index (κ2) is 4.35. The Morgan fingerprint density at radius 3 is 2.63 bits per heavy atom. The SMILES string of the molecule is Fc1ccc2nc3ncc(Cl)cc3c(C(F)F)c2c1. The minimum absolute atomic E-state index is 0.0755. The van der Waals surface area contributed by atoms with E-state index >= 15 is 0 Å². The van der Waals surface area contributed by atoms with Crippen LogP contribution in [0.1, 0.15) is 12.0 Å². The Morgan fingerprint density at radius 2 is 1.89 bits per heavy atom. The molecule has 19 heavy (non-hydrogen) atoms. The van der Waals surface area contributed by atoms with E-state index in [1.54, 1.807) is 0 Å². The Bertz CT molecular complexity index is 730. The second-order valence-corrected chi connectivity index (χ2v) is 4.45. The van der Waals surface area contributed by atoms with Gasteiger partial charge in [-0.2, -0.15) is 0 Å². The monoisotopic (exact) mass is 282 g/mol. The van der Waals surface area contributed by atoms with Crippen molar-refractivity contribution in [1.29, 1.82) is 0 Å². The third kappa shape index (κ3) is 2.00. The minimum Gasteiger partial charge on any atom is -0.235 e. The first-order valence-electron chi connectivity index (χ1n) is 5.39. The largest absolute Gasteiger partial charge is 0.265 e. The lowest BCUT2D eigenvalue weighted by molar-refractivity contribution is 0.154. The maximum Gasteiger partial charge on any atom is 0.265 e. The number of benzene rings is 1. The van der Waals surface area contributed by atoms with Crippen LogP contribution in [0.4, 0.5) is 13.2 Å². The van der Waals surface area contributed by atoms with Crippen molar-refractivity contribution in [2.24, 2.45) is 0 Å². The molecule has 0 atom stereocenters. The predicted octanol–water partition coefficient (Wildman–Crippen LogP) is 4.51. The molecule has 0 bridgehead atoms. The fourth-order valence-electron chi connectivity index (χ4n) is 2.04. The van der Waals surface area contributed by atoms with Crippen LogP contribution in [-0.2, 0) is 0 Å². The highest BCUT2D eigenvalue weighted by Crippen LogP contribution is 2.34. The van der Waals surface area contributed by atoms with Crippen LogP contribution in [0.25, 0.3) is 21.9 Å². The van der Waals surface area contributed by atoms with E-state index in [-0.39, 0.29) is 32.5 Å². The molecule has 2 heterocycles. The number of rotatable bonds is 1. The zero-order chi connectivity index (χ0) is 13.6. The van der Waals surface area contributed by atoms with Crippen molar-refractivity contribution in [3.63, 3.8) is 0 Å². The average molecular weight is 283 g/mol. The van der Waals surface area contributed by atoms with Crippen molar-refractivity contribution < 1.29 is 13.2 Å².